The van der Waals surface area contributed by atoms with E-state index in [1.807, 2.05) is 48.0 Å². The minimum absolute atomic E-state index is 0.0212. The minimum Gasteiger partial charge on any atom is -0.493 e. The summed E-state index contributed by atoms with van der Waals surface area (Å²) in [6.45, 7) is 4.67. The summed E-state index contributed by atoms with van der Waals surface area (Å²) < 4.78 is 7.65. The van der Waals surface area contributed by atoms with Crippen LogP contribution in [0.3, 0.4) is 0 Å². The molecule has 4 nitrogen and oxygen atoms in total. The SMILES string of the molecule is CCOc1ccc(C)cc1-c1cn2ccc(CO)cc2n1. The van der Waals surface area contributed by atoms with Gasteiger partial charge >= 0.3 is 0 Å². The van der Waals surface area contributed by atoms with Crippen molar-refractivity contribution in [3.63, 3.8) is 0 Å². The molecule has 0 aliphatic rings. The van der Waals surface area contributed by atoms with Crippen LogP contribution in [0, 0.1) is 6.92 Å². The third-order valence-electron chi connectivity index (χ3n) is 3.42. The molecule has 1 aromatic carbocycles. The molecule has 4 heteroatoms. The van der Waals surface area contributed by atoms with Crippen molar-refractivity contribution in [2.24, 2.45) is 0 Å². The molecular formula is C17H18N2O2. The molecule has 3 aromatic rings. The lowest BCUT2D eigenvalue weighted by molar-refractivity contribution is 0.282. The van der Waals surface area contributed by atoms with Crippen molar-refractivity contribution in [2.45, 2.75) is 20.5 Å². The Morgan fingerprint density at radius 3 is 2.86 bits per heavy atom. The van der Waals surface area contributed by atoms with E-state index in [0.717, 1.165) is 28.2 Å². The number of imidazole rings is 1. The summed E-state index contributed by atoms with van der Waals surface area (Å²) >= 11 is 0. The van der Waals surface area contributed by atoms with Gasteiger partial charge in [0.05, 0.1) is 18.9 Å². The van der Waals surface area contributed by atoms with E-state index in [1.54, 1.807) is 0 Å². The van der Waals surface area contributed by atoms with Gasteiger partial charge in [-0.05, 0) is 43.7 Å². The van der Waals surface area contributed by atoms with E-state index in [-0.39, 0.29) is 6.61 Å². The predicted molar refractivity (Wildman–Crippen MR) is 82.5 cm³/mol. The molecule has 0 spiro atoms. The van der Waals surface area contributed by atoms with Crippen LogP contribution in [0.25, 0.3) is 16.9 Å². The summed E-state index contributed by atoms with van der Waals surface area (Å²) in [6.07, 6.45) is 3.89. The van der Waals surface area contributed by atoms with Crippen LogP contribution in [0.2, 0.25) is 0 Å². The average Bonchev–Trinajstić information content (AvgIpc) is 2.92. The van der Waals surface area contributed by atoms with Gasteiger partial charge in [0.2, 0.25) is 0 Å². The number of ether oxygens (including phenoxy) is 1. The van der Waals surface area contributed by atoms with Crippen LogP contribution < -0.4 is 4.74 Å². The fourth-order valence-corrected chi connectivity index (χ4v) is 2.38. The Labute approximate surface area is 123 Å². The molecular weight excluding hydrogens is 264 g/mol. The first-order valence-corrected chi connectivity index (χ1v) is 7.03. The van der Waals surface area contributed by atoms with Crippen molar-refractivity contribution in [3.05, 3.63) is 53.9 Å². The molecule has 1 N–H and O–H groups in total. The lowest BCUT2D eigenvalue weighted by Crippen LogP contribution is -1.94. The summed E-state index contributed by atoms with van der Waals surface area (Å²) in [5, 5.41) is 9.21. The minimum atomic E-state index is 0.0212. The molecule has 0 bridgehead atoms. The lowest BCUT2D eigenvalue weighted by atomic mass is 10.1. The van der Waals surface area contributed by atoms with E-state index >= 15 is 0 Å². The maximum Gasteiger partial charge on any atom is 0.137 e. The highest BCUT2D eigenvalue weighted by Crippen LogP contribution is 2.30. The smallest absolute Gasteiger partial charge is 0.137 e. The van der Waals surface area contributed by atoms with Crippen LogP contribution >= 0.6 is 0 Å². The normalized spacial score (nSPS) is 11.0. The van der Waals surface area contributed by atoms with Crippen LogP contribution in [0.1, 0.15) is 18.1 Å². The van der Waals surface area contributed by atoms with E-state index in [2.05, 4.69) is 18.0 Å². The van der Waals surface area contributed by atoms with Gasteiger partial charge in [-0.3, -0.25) is 0 Å². The molecule has 2 heterocycles. The number of aromatic nitrogens is 2. The molecule has 0 atom stereocenters. The third kappa shape index (κ3) is 2.62. The topological polar surface area (TPSA) is 46.8 Å². The Kier molecular flexibility index (Phi) is 3.62. The molecule has 0 saturated carbocycles. The summed E-state index contributed by atoms with van der Waals surface area (Å²) in [6, 6.07) is 9.88. The molecule has 108 valence electrons. The summed E-state index contributed by atoms with van der Waals surface area (Å²) in [5.74, 6) is 0.842. The highest BCUT2D eigenvalue weighted by molar-refractivity contribution is 5.70. The molecule has 3 rings (SSSR count). The number of fused-ring (bicyclic) bond motifs is 1. The van der Waals surface area contributed by atoms with Gasteiger partial charge in [-0.1, -0.05) is 11.6 Å². The molecule has 0 aliphatic heterocycles. The second-order valence-corrected chi connectivity index (χ2v) is 5.02. The Balaban J connectivity index is 2.13. The molecule has 0 aliphatic carbocycles. The van der Waals surface area contributed by atoms with E-state index in [0.29, 0.717) is 6.61 Å². The van der Waals surface area contributed by atoms with Crippen molar-refractivity contribution in [1.29, 1.82) is 0 Å². The first kappa shape index (κ1) is 13.6. The van der Waals surface area contributed by atoms with Gasteiger partial charge in [0.25, 0.3) is 0 Å². The third-order valence-corrected chi connectivity index (χ3v) is 3.42. The molecule has 21 heavy (non-hydrogen) atoms. The summed E-state index contributed by atoms with van der Waals surface area (Å²) in [4.78, 5) is 4.65. The van der Waals surface area contributed by atoms with Gasteiger partial charge in [-0.2, -0.15) is 0 Å². The second kappa shape index (κ2) is 5.58. The molecule has 0 saturated heterocycles. The standard InChI is InChI=1S/C17H18N2O2/c1-3-21-16-5-4-12(2)8-14(16)15-10-19-7-6-13(11-20)9-17(19)18-15/h4-10,20H,3,11H2,1-2H3. The monoisotopic (exact) mass is 282 g/mol. The van der Waals surface area contributed by atoms with Crippen LogP contribution in [-0.4, -0.2) is 21.1 Å². The lowest BCUT2D eigenvalue weighted by Gasteiger charge is -2.08. The first-order chi connectivity index (χ1) is 10.2. The number of nitrogens with zero attached hydrogens (tertiary/aromatic N) is 2. The quantitative estimate of drug-likeness (QED) is 0.799. The number of aliphatic hydroxyl groups is 1. The maximum atomic E-state index is 9.21. The fraction of sp³-hybridized carbons (Fsp3) is 0.235. The number of pyridine rings is 1. The number of aryl methyl sites for hydroxylation is 1. The number of hydrogen-bond acceptors (Lipinski definition) is 3. The van der Waals surface area contributed by atoms with Crippen LogP contribution in [-0.2, 0) is 6.61 Å². The molecule has 0 radical (unpaired) electrons. The highest BCUT2D eigenvalue weighted by Gasteiger charge is 2.11. The van der Waals surface area contributed by atoms with Crippen molar-refractivity contribution in [3.8, 4) is 17.0 Å². The zero-order valence-corrected chi connectivity index (χ0v) is 12.2. The summed E-state index contributed by atoms with van der Waals surface area (Å²) in [7, 11) is 0. The number of hydrogen-bond donors (Lipinski definition) is 1. The van der Waals surface area contributed by atoms with Crippen LogP contribution in [0.5, 0.6) is 5.75 Å². The van der Waals surface area contributed by atoms with E-state index < -0.39 is 0 Å². The Morgan fingerprint density at radius 1 is 1.24 bits per heavy atom. The van der Waals surface area contributed by atoms with Crippen molar-refractivity contribution < 1.29 is 9.84 Å². The second-order valence-electron chi connectivity index (χ2n) is 5.02. The number of rotatable bonds is 4. The Bertz CT molecular complexity index is 778. The van der Waals surface area contributed by atoms with Crippen molar-refractivity contribution in [2.75, 3.05) is 6.61 Å². The largest absolute Gasteiger partial charge is 0.493 e. The maximum absolute atomic E-state index is 9.21. The summed E-state index contributed by atoms with van der Waals surface area (Å²) in [5.41, 5.74) is 4.71. The van der Waals surface area contributed by atoms with Crippen molar-refractivity contribution >= 4 is 5.65 Å². The molecule has 0 fully saturated rings. The van der Waals surface area contributed by atoms with E-state index in [1.165, 1.54) is 5.56 Å². The van der Waals surface area contributed by atoms with Gasteiger partial charge in [-0.15, -0.1) is 0 Å². The van der Waals surface area contributed by atoms with Gasteiger partial charge in [0.1, 0.15) is 11.4 Å². The van der Waals surface area contributed by atoms with Gasteiger partial charge in [0.15, 0.2) is 0 Å². The Morgan fingerprint density at radius 2 is 2.10 bits per heavy atom. The van der Waals surface area contributed by atoms with Gasteiger partial charge < -0.3 is 14.2 Å². The Hall–Kier alpha value is -2.33. The van der Waals surface area contributed by atoms with Crippen LogP contribution in [0.15, 0.2) is 42.7 Å². The number of aliphatic hydroxyl groups excluding tert-OH is 1. The van der Waals surface area contributed by atoms with Crippen molar-refractivity contribution in [1.82, 2.24) is 9.38 Å². The average molecular weight is 282 g/mol. The predicted octanol–water partition coefficient (Wildman–Crippen LogP) is 3.20. The highest BCUT2D eigenvalue weighted by atomic mass is 16.5. The molecule has 0 amide bonds. The first-order valence-electron chi connectivity index (χ1n) is 7.03. The van der Waals surface area contributed by atoms with Gasteiger partial charge in [-0.25, -0.2) is 4.98 Å². The molecule has 0 unspecified atom stereocenters. The van der Waals surface area contributed by atoms with E-state index in [4.69, 9.17) is 4.74 Å². The number of benzene rings is 1. The van der Waals surface area contributed by atoms with Crippen LogP contribution in [0.4, 0.5) is 0 Å². The van der Waals surface area contributed by atoms with Gasteiger partial charge in [0, 0.05) is 18.0 Å². The zero-order chi connectivity index (χ0) is 14.8. The fourth-order valence-electron chi connectivity index (χ4n) is 2.38. The molecule has 2 aromatic heterocycles. The van der Waals surface area contributed by atoms with E-state index in [9.17, 15) is 5.11 Å². The zero-order valence-electron chi connectivity index (χ0n) is 12.2.